The van der Waals surface area contributed by atoms with Gasteiger partial charge in [-0.3, -0.25) is 9.97 Å². The van der Waals surface area contributed by atoms with Crippen LogP contribution in [0.5, 0.6) is 0 Å². The minimum absolute atomic E-state index is 0.176. The van der Waals surface area contributed by atoms with Crippen LogP contribution >= 0.6 is 11.3 Å². The van der Waals surface area contributed by atoms with Crippen molar-refractivity contribution in [2.45, 2.75) is 26.3 Å². The fourth-order valence-corrected chi connectivity index (χ4v) is 3.29. The Morgan fingerprint density at radius 3 is 2.86 bits per heavy atom. The fourth-order valence-electron chi connectivity index (χ4n) is 2.56. The fraction of sp³-hybridized carbons (Fsp3) is 0.294. The summed E-state index contributed by atoms with van der Waals surface area (Å²) in [5.74, 6) is 0. The third kappa shape index (κ3) is 2.96. The number of rotatable bonds is 5. The van der Waals surface area contributed by atoms with Crippen molar-refractivity contribution in [3.63, 3.8) is 0 Å². The third-order valence-electron chi connectivity index (χ3n) is 3.52. The molecule has 3 aromatic rings. The Balaban J connectivity index is 2.09. The summed E-state index contributed by atoms with van der Waals surface area (Å²) in [5, 5.41) is 5.88. The van der Waals surface area contributed by atoms with Crippen molar-refractivity contribution in [3.8, 4) is 0 Å². The van der Waals surface area contributed by atoms with Gasteiger partial charge in [-0.2, -0.15) is 0 Å². The van der Waals surface area contributed by atoms with Gasteiger partial charge in [-0.05, 0) is 43.0 Å². The maximum absolute atomic E-state index is 4.54. The van der Waals surface area contributed by atoms with Gasteiger partial charge in [0.2, 0.25) is 0 Å². The molecule has 2 heterocycles. The molecule has 0 bridgehead atoms. The first kappa shape index (κ1) is 14.2. The van der Waals surface area contributed by atoms with Crippen molar-refractivity contribution in [1.29, 1.82) is 0 Å². The molecular weight excluding hydrogens is 278 g/mol. The molecule has 0 fully saturated rings. The highest BCUT2D eigenvalue weighted by Crippen LogP contribution is 2.29. The van der Waals surface area contributed by atoms with Crippen LogP contribution in [0, 0.1) is 6.92 Å². The molecule has 0 radical (unpaired) electrons. The Morgan fingerprint density at radius 2 is 2.10 bits per heavy atom. The Morgan fingerprint density at radius 1 is 1.24 bits per heavy atom. The van der Waals surface area contributed by atoms with Crippen LogP contribution in [0.15, 0.2) is 42.0 Å². The first-order valence-electron chi connectivity index (χ1n) is 7.27. The summed E-state index contributed by atoms with van der Waals surface area (Å²) >= 11 is 1.79. The number of hydrogen-bond donors (Lipinski definition) is 1. The lowest BCUT2D eigenvalue weighted by Crippen LogP contribution is -2.23. The first-order chi connectivity index (χ1) is 10.3. The number of aromatic nitrogens is 2. The molecule has 3 rings (SSSR count). The van der Waals surface area contributed by atoms with Gasteiger partial charge in [0.1, 0.15) is 0 Å². The van der Waals surface area contributed by atoms with E-state index in [2.05, 4.69) is 52.7 Å². The topological polar surface area (TPSA) is 37.8 Å². The van der Waals surface area contributed by atoms with Gasteiger partial charge < -0.3 is 5.32 Å². The highest BCUT2D eigenvalue weighted by molar-refractivity contribution is 7.10. The minimum atomic E-state index is 0.176. The average Bonchev–Trinajstić information content (AvgIpc) is 2.94. The van der Waals surface area contributed by atoms with E-state index in [0.717, 1.165) is 24.0 Å². The lowest BCUT2D eigenvalue weighted by atomic mass is 9.99. The Bertz CT molecular complexity index is 730. The quantitative estimate of drug-likeness (QED) is 0.771. The maximum atomic E-state index is 4.54. The summed E-state index contributed by atoms with van der Waals surface area (Å²) in [4.78, 5) is 10.3. The molecule has 1 aromatic carbocycles. The van der Waals surface area contributed by atoms with Crippen molar-refractivity contribution >= 4 is 22.4 Å². The molecule has 3 nitrogen and oxygen atoms in total. The summed E-state index contributed by atoms with van der Waals surface area (Å²) in [7, 11) is 0. The Hall–Kier alpha value is -1.78. The second-order valence-electron chi connectivity index (χ2n) is 5.15. The predicted octanol–water partition coefficient (Wildman–Crippen LogP) is 4.09. The lowest BCUT2D eigenvalue weighted by Gasteiger charge is -2.19. The van der Waals surface area contributed by atoms with Crippen molar-refractivity contribution in [3.05, 3.63) is 58.0 Å². The zero-order valence-corrected chi connectivity index (χ0v) is 13.2. The number of nitrogens with zero attached hydrogens (tertiary/aromatic N) is 2. The van der Waals surface area contributed by atoms with E-state index in [4.69, 9.17) is 0 Å². The Kier molecular flexibility index (Phi) is 4.27. The van der Waals surface area contributed by atoms with Crippen molar-refractivity contribution in [2.75, 3.05) is 6.54 Å². The molecule has 2 aromatic heterocycles. The van der Waals surface area contributed by atoms with E-state index in [9.17, 15) is 0 Å². The zero-order chi connectivity index (χ0) is 14.7. The second-order valence-corrected chi connectivity index (χ2v) is 6.26. The molecule has 1 atom stereocenters. The smallest absolute Gasteiger partial charge is 0.0937 e. The van der Waals surface area contributed by atoms with Crippen LogP contribution in [-0.4, -0.2) is 16.5 Å². The summed E-state index contributed by atoms with van der Waals surface area (Å²) in [6.07, 6.45) is 4.62. The molecule has 0 saturated carbocycles. The summed E-state index contributed by atoms with van der Waals surface area (Å²) in [6.45, 7) is 5.32. The van der Waals surface area contributed by atoms with Gasteiger partial charge in [0.25, 0.3) is 0 Å². The number of hydrogen-bond acceptors (Lipinski definition) is 4. The van der Waals surface area contributed by atoms with Crippen LogP contribution in [0.25, 0.3) is 11.0 Å². The van der Waals surface area contributed by atoms with E-state index in [1.54, 1.807) is 23.7 Å². The molecule has 0 aliphatic carbocycles. The minimum Gasteiger partial charge on any atom is -0.306 e. The van der Waals surface area contributed by atoms with E-state index in [1.807, 2.05) is 6.07 Å². The van der Waals surface area contributed by atoms with Crippen molar-refractivity contribution < 1.29 is 0 Å². The number of aryl methyl sites for hydroxylation is 1. The first-order valence-corrected chi connectivity index (χ1v) is 8.15. The van der Waals surface area contributed by atoms with Crippen LogP contribution in [0.3, 0.4) is 0 Å². The molecule has 4 heteroatoms. The van der Waals surface area contributed by atoms with Crippen molar-refractivity contribution in [2.24, 2.45) is 0 Å². The molecule has 0 saturated heterocycles. The molecule has 0 amide bonds. The normalized spacial score (nSPS) is 12.7. The van der Waals surface area contributed by atoms with E-state index in [-0.39, 0.29) is 6.04 Å². The van der Waals surface area contributed by atoms with E-state index in [0.29, 0.717) is 0 Å². The molecular formula is C17H19N3S. The number of benzene rings is 1. The van der Waals surface area contributed by atoms with Gasteiger partial charge >= 0.3 is 0 Å². The zero-order valence-electron chi connectivity index (χ0n) is 12.3. The average molecular weight is 297 g/mol. The van der Waals surface area contributed by atoms with Gasteiger partial charge in [-0.15, -0.1) is 11.3 Å². The van der Waals surface area contributed by atoms with Crippen LogP contribution < -0.4 is 5.32 Å². The summed E-state index contributed by atoms with van der Waals surface area (Å²) < 4.78 is 0. The van der Waals surface area contributed by atoms with Crippen LogP contribution in [-0.2, 0) is 0 Å². The van der Waals surface area contributed by atoms with E-state index >= 15 is 0 Å². The molecule has 0 spiro atoms. The van der Waals surface area contributed by atoms with Gasteiger partial charge in [0, 0.05) is 22.8 Å². The molecule has 0 aliphatic heterocycles. The highest BCUT2D eigenvalue weighted by atomic mass is 32.1. The summed E-state index contributed by atoms with van der Waals surface area (Å²) in [6, 6.07) is 8.66. The molecule has 0 aliphatic rings. The van der Waals surface area contributed by atoms with Gasteiger partial charge in [-0.25, -0.2) is 0 Å². The van der Waals surface area contributed by atoms with Crippen LogP contribution in [0.1, 0.15) is 35.4 Å². The maximum Gasteiger partial charge on any atom is 0.0937 e. The third-order valence-corrected chi connectivity index (χ3v) is 4.40. The van der Waals surface area contributed by atoms with Gasteiger partial charge in [-0.1, -0.05) is 19.1 Å². The van der Waals surface area contributed by atoms with Crippen molar-refractivity contribution in [1.82, 2.24) is 15.3 Å². The number of thiophene rings is 1. The standard InChI is InChI=1S/C17H19N3S/c1-3-7-19-16(13-10-12(2)21-11-13)14-5-4-6-15-17(14)20-9-8-18-15/h4-6,8-11,16,19H,3,7H2,1-2H3. The number of fused-ring (bicyclic) bond motifs is 1. The predicted molar refractivity (Wildman–Crippen MR) is 88.7 cm³/mol. The molecule has 1 unspecified atom stereocenters. The van der Waals surface area contributed by atoms with Crippen LogP contribution in [0.2, 0.25) is 0 Å². The van der Waals surface area contributed by atoms with Gasteiger partial charge in [0.15, 0.2) is 0 Å². The SMILES string of the molecule is CCCNC(c1csc(C)c1)c1cccc2nccnc12. The summed E-state index contributed by atoms with van der Waals surface area (Å²) in [5.41, 5.74) is 4.44. The van der Waals surface area contributed by atoms with Gasteiger partial charge in [0.05, 0.1) is 17.1 Å². The highest BCUT2D eigenvalue weighted by Gasteiger charge is 2.17. The monoisotopic (exact) mass is 297 g/mol. The van der Waals surface area contributed by atoms with E-state index < -0.39 is 0 Å². The number of nitrogens with one attached hydrogen (secondary N) is 1. The number of para-hydroxylation sites is 1. The lowest BCUT2D eigenvalue weighted by molar-refractivity contribution is 0.602. The van der Waals surface area contributed by atoms with Crippen LogP contribution in [0.4, 0.5) is 0 Å². The van der Waals surface area contributed by atoms with E-state index in [1.165, 1.54) is 16.0 Å². The molecule has 1 N–H and O–H groups in total. The molecule has 108 valence electrons. The molecule has 21 heavy (non-hydrogen) atoms. The largest absolute Gasteiger partial charge is 0.306 e. The Labute approximate surface area is 129 Å². The second kappa shape index (κ2) is 6.33.